The van der Waals surface area contributed by atoms with E-state index in [1.807, 2.05) is 100 Å². The molecule has 20 heteroatoms. The van der Waals surface area contributed by atoms with Gasteiger partial charge in [-0.3, -0.25) is 38.4 Å². The van der Waals surface area contributed by atoms with Gasteiger partial charge in [0.05, 0.1) is 46.8 Å². The first-order chi connectivity index (χ1) is 38.2. The lowest BCUT2D eigenvalue weighted by Gasteiger charge is -2.38. The predicted molar refractivity (Wildman–Crippen MR) is 309 cm³/mol. The highest BCUT2D eigenvalue weighted by molar-refractivity contribution is 8.00. The summed E-state index contributed by atoms with van der Waals surface area (Å²) in [5.41, 5.74) is 4.37. The number of rotatable bonds is 16. The molecule has 4 aliphatic heterocycles. The second-order valence-electron chi connectivity index (χ2n) is 24.0. The van der Waals surface area contributed by atoms with Crippen LogP contribution in [0.4, 0.5) is 0 Å². The van der Waals surface area contributed by atoms with Crippen molar-refractivity contribution in [1.82, 2.24) is 52.3 Å². The Balaban J connectivity index is 0.838. The third-order valence-electron chi connectivity index (χ3n) is 17.6. The zero-order chi connectivity index (χ0) is 57.2. The first-order valence-electron chi connectivity index (χ1n) is 28.4. The number of thioether (sulfide) groups is 2. The van der Waals surface area contributed by atoms with Gasteiger partial charge < -0.3 is 52.3 Å². The van der Waals surface area contributed by atoms with Crippen LogP contribution in [0.3, 0.4) is 0 Å². The normalized spacial score (nSPS) is 28.2. The van der Waals surface area contributed by atoms with Gasteiger partial charge in [0.1, 0.15) is 24.2 Å². The van der Waals surface area contributed by atoms with Gasteiger partial charge in [0.15, 0.2) is 0 Å². The van der Waals surface area contributed by atoms with E-state index in [1.165, 1.54) is 0 Å². The first kappa shape index (κ1) is 58.7. The molecule has 3 aromatic rings. The van der Waals surface area contributed by atoms with E-state index in [0.717, 1.165) is 33.4 Å². The van der Waals surface area contributed by atoms with Gasteiger partial charge in [-0.2, -0.15) is 0 Å². The average Bonchev–Trinajstić information content (AvgIpc) is 3.85. The Morgan fingerprint density at radius 1 is 0.537 bits per heavy atom. The van der Waals surface area contributed by atoms with Crippen LogP contribution in [-0.2, 0) is 64.3 Å². The highest BCUT2D eigenvalue weighted by atomic mass is 32.2. The molecular weight excluding hydrogens is 1050 g/mol. The Bertz CT molecular complexity index is 2660. The largest absolute Gasteiger partial charge is 0.352 e. The monoisotopic (exact) mass is 1130 g/mol. The van der Waals surface area contributed by atoms with Gasteiger partial charge in [-0.1, -0.05) is 100 Å². The van der Waals surface area contributed by atoms with Crippen LogP contribution < -0.4 is 42.5 Å². The average molecular weight is 1130 g/mol. The Morgan fingerprint density at radius 2 is 0.912 bits per heavy atom. The lowest BCUT2D eigenvalue weighted by molar-refractivity contribution is -0.144. The van der Waals surface area contributed by atoms with Gasteiger partial charge in [0, 0.05) is 13.1 Å². The molecule has 4 saturated heterocycles. The van der Waals surface area contributed by atoms with Gasteiger partial charge >= 0.3 is 0 Å². The zero-order valence-corrected chi connectivity index (χ0v) is 49.0. The highest BCUT2D eigenvalue weighted by Crippen LogP contribution is 2.49. The number of aryl methyl sites for hydroxylation is 2. The minimum Gasteiger partial charge on any atom is -0.352 e. The molecule has 80 heavy (non-hydrogen) atoms. The summed E-state index contributed by atoms with van der Waals surface area (Å²) in [6, 6.07) is 17.9. The van der Waals surface area contributed by atoms with E-state index in [2.05, 4.69) is 42.5 Å². The maximum absolute atomic E-state index is 14.8. The fourth-order valence-electron chi connectivity index (χ4n) is 12.9. The predicted octanol–water partition coefficient (Wildman–Crippen LogP) is 4.12. The van der Waals surface area contributed by atoms with E-state index < -0.39 is 71.0 Å². The molecule has 2 aliphatic carbocycles. The smallest absolute Gasteiger partial charge is 0.246 e. The number of benzene rings is 3. The van der Waals surface area contributed by atoms with Crippen LogP contribution in [0.25, 0.3) is 0 Å². The van der Waals surface area contributed by atoms with Crippen molar-refractivity contribution in [3.05, 3.63) is 106 Å². The maximum Gasteiger partial charge on any atom is 0.246 e. The molecule has 8 N–H and O–H groups in total. The number of likely N-dealkylation sites (N-methyl/N-ethyl adjacent to an activating group) is 2. The van der Waals surface area contributed by atoms with E-state index in [4.69, 9.17) is 0 Å². The van der Waals surface area contributed by atoms with Gasteiger partial charge in [0.25, 0.3) is 0 Å². The van der Waals surface area contributed by atoms with Crippen LogP contribution in [0.15, 0.2) is 72.8 Å². The third kappa shape index (κ3) is 12.3. The molecule has 18 nitrogen and oxygen atoms in total. The summed E-state index contributed by atoms with van der Waals surface area (Å²) in [6.45, 7) is 11.9. The molecule has 4 fully saturated rings. The van der Waals surface area contributed by atoms with Crippen LogP contribution in [0.5, 0.6) is 0 Å². The molecule has 0 aromatic heterocycles. The molecule has 430 valence electrons. The maximum atomic E-state index is 14.8. The molecule has 0 radical (unpaired) electrons. The van der Waals surface area contributed by atoms with E-state index in [0.29, 0.717) is 62.9 Å². The van der Waals surface area contributed by atoms with Crippen molar-refractivity contribution in [2.45, 2.75) is 165 Å². The molecule has 3 aromatic carbocycles. The Kier molecular flexibility index (Phi) is 18.1. The van der Waals surface area contributed by atoms with Crippen LogP contribution >= 0.6 is 23.5 Å². The molecule has 4 heterocycles. The van der Waals surface area contributed by atoms with Gasteiger partial charge in [0.2, 0.25) is 47.3 Å². The van der Waals surface area contributed by atoms with E-state index in [1.54, 1.807) is 61.3 Å². The topological polar surface area (TPSA) is 239 Å². The fourth-order valence-corrected chi connectivity index (χ4v) is 16.0. The molecule has 2 unspecified atom stereocenters. The quantitative estimate of drug-likeness (QED) is 0.101. The first-order valence-corrected chi connectivity index (χ1v) is 30.5. The van der Waals surface area contributed by atoms with Crippen LogP contribution in [-0.4, -0.2) is 130 Å². The van der Waals surface area contributed by atoms with Crippen molar-refractivity contribution in [3.63, 3.8) is 0 Å². The lowest BCUT2D eigenvalue weighted by atomic mass is 9.78. The Labute approximate surface area is 478 Å². The van der Waals surface area contributed by atoms with Crippen molar-refractivity contribution in [2.24, 2.45) is 22.7 Å². The Hall–Kier alpha value is -5.96. The molecule has 0 spiro atoms. The lowest BCUT2D eigenvalue weighted by Crippen LogP contribution is -2.58. The molecule has 8 amide bonds. The molecule has 0 saturated carbocycles. The van der Waals surface area contributed by atoms with Crippen molar-refractivity contribution in [2.75, 3.05) is 25.6 Å². The number of nitrogens with zero attached hydrogens (tertiary/aromatic N) is 2. The standard InChI is InChI=1S/C60H80N10O8S2/c1-33(61-7)51(71)65-43-25-27-79-45-29-59(3,4)49(69(45)57(43)77)55(75)67-47-39-15-11-9-13-37(39)21-23-41(47)53(73)63-31-35-17-19-36(20-18-35)32-64-54(74)42-24-22-38-14-10-12-16-40(38)48(42)68-56(76)50-60(5,6)30-46-70(50)58(78)44(26-28-80-46)66-52(72)34(2)62-8/h9-20,33-34,41-50,61-62H,21-32H2,1-8H3,(H,63,73)(H,64,74)(H,65,71)(H,66,72)(H,67,75)(H,68,76)/t33?,34?,41-,42-,43+,44+,45+,46+,47+,48+,49-,50-/m1/s1. The second-order valence-corrected chi connectivity index (χ2v) is 26.5. The minimum atomic E-state index is -0.826. The molecule has 6 aliphatic rings. The van der Waals surface area contributed by atoms with Gasteiger partial charge in [-0.25, -0.2) is 0 Å². The van der Waals surface area contributed by atoms with Crippen molar-refractivity contribution in [1.29, 1.82) is 0 Å². The van der Waals surface area contributed by atoms with Gasteiger partial charge in [-0.15, -0.1) is 23.5 Å². The zero-order valence-electron chi connectivity index (χ0n) is 47.3. The third-order valence-corrected chi connectivity index (χ3v) is 20.1. The summed E-state index contributed by atoms with van der Waals surface area (Å²) < 4.78 is 0. The van der Waals surface area contributed by atoms with Crippen molar-refractivity contribution < 1.29 is 38.4 Å². The van der Waals surface area contributed by atoms with E-state index in [9.17, 15) is 38.4 Å². The van der Waals surface area contributed by atoms with Crippen molar-refractivity contribution in [3.8, 4) is 0 Å². The summed E-state index contributed by atoms with van der Waals surface area (Å²) >= 11 is 3.27. The van der Waals surface area contributed by atoms with E-state index in [-0.39, 0.29) is 71.1 Å². The number of amides is 8. The van der Waals surface area contributed by atoms with Crippen LogP contribution in [0, 0.1) is 22.7 Å². The number of carbonyl (C=O) groups is 8. The fraction of sp³-hybridized carbons (Fsp3) is 0.567. The van der Waals surface area contributed by atoms with Crippen molar-refractivity contribution >= 4 is 70.8 Å². The molecule has 0 bridgehead atoms. The number of hydrogen-bond acceptors (Lipinski definition) is 12. The molecular formula is C60H80N10O8S2. The van der Waals surface area contributed by atoms with Crippen LogP contribution in [0.1, 0.15) is 126 Å². The minimum absolute atomic E-state index is 0.205. The summed E-state index contributed by atoms with van der Waals surface area (Å²) in [5.74, 6) is -2.04. The number of hydrogen-bond donors (Lipinski definition) is 8. The van der Waals surface area contributed by atoms with Gasteiger partial charge in [-0.05, 0) is 135 Å². The summed E-state index contributed by atoms with van der Waals surface area (Å²) in [7, 11) is 3.38. The number of fused-ring (bicyclic) bond motifs is 4. The Morgan fingerprint density at radius 3 is 1.29 bits per heavy atom. The summed E-state index contributed by atoms with van der Waals surface area (Å²) in [4.78, 5) is 116. The molecule has 12 atom stereocenters. The SMILES string of the molecule is CNC(C)C(=O)N[C@H]1CCS[C@H]2CC(C)(C)[C@@H](C(=O)N[C@H]3c4ccccc4CC[C@H]3C(=O)NCc3ccc(CNC(=O)[C@@H]4CCc5ccccc5[C@@H]4NC(=O)[C@H]4N5C(=O)[C@@H](NC(=O)C(C)NC)CCS[C@H]5CC4(C)C)cc3)N2C1=O. The molecule has 9 rings (SSSR count). The van der Waals surface area contributed by atoms with E-state index >= 15 is 0 Å². The number of nitrogens with one attached hydrogen (secondary N) is 8. The van der Waals surface area contributed by atoms with Crippen LogP contribution in [0.2, 0.25) is 0 Å². The second kappa shape index (κ2) is 24.6. The highest BCUT2D eigenvalue weighted by Gasteiger charge is 2.57. The summed E-state index contributed by atoms with van der Waals surface area (Å²) in [6.07, 6.45) is 4.45. The summed E-state index contributed by atoms with van der Waals surface area (Å²) in [5, 5.41) is 24.1. The number of carbonyl (C=O) groups excluding carboxylic acids is 8.